The van der Waals surface area contributed by atoms with Crippen LogP contribution in [0.1, 0.15) is 32.4 Å². The van der Waals surface area contributed by atoms with Gasteiger partial charge in [-0.15, -0.1) is 0 Å². The summed E-state index contributed by atoms with van der Waals surface area (Å²) in [5, 5.41) is 0. The van der Waals surface area contributed by atoms with Gasteiger partial charge in [-0.3, -0.25) is 4.98 Å². The highest BCUT2D eigenvalue weighted by molar-refractivity contribution is 5.57. The van der Waals surface area contributed by atoms with Crippen molar-refractivity contribution in [1.29, 1.82) is 0 Å². The van der Waals surface area contributed by atoms with Crippen molar-refractivity contribution in [2.24, 2.45) is 5.92 Å². The first-order valence-corrected chi connectivity index (χ1v) is 7.19. The summed E-state index contributed by atoms with van der Waals surface area (Å²) >= 11 is 0. The van der Waals surface area contributed by atoms with Crippen molar-refractivity contribution in [3.63, 3.8) is 0 Å². The summed E-state index contributed by atoms with van der Waals surface area (Å²) in [4.78, 5) is 26.8. The van der Waals surface area contributed by atoms with Gasteiger partial charge in [0.05, 0.1) is 6.04 Å². The van der Waals surface area contributed by atoms with Crippen LogP contribution in [0.2, 0.25) is 0 Å². The molecule has 1 fully saturated rings. The summed E-state index contributed by atoms with van der Waals surface area (Å²) in [6.07, 6.45) is 0. The Morgan fingerprint density at radius 2 is 1.81 bits per heavy atom. The normalized spacial score (nSPS) is 29.2. The first-order chi connectivity index (χ1) is 10.0. The molecule has 5 nitrogen and oxygen atoms in total. The molecule has 4 rings (SSSR count). The molecule has 1 aliphatic heterocycles. The van der Waals surface area contributed by atoms with Crippen LogP contribution in [0.4, 0.5) is 0 Å². The van der Waals surface area contributed by atoms with Gasteiger partial charge < -0.3 is 0 Å². The number of rotatable bonds is 1. The van der Waals surface area contributed by atoms with Crippen LogP contribution in [0.5, 0.6) is 0 Å². The van der Waals surface area contributed by atoms with Crippen molar-refractivity contribution in [2.75, 3.05) is 0 Å². The second-order valence-electron chi connectivity index (χ2n) is 6.16. The van der Waals surface area contributed by atoms with Crippen molar-refractivity contribution >= 4 is 0 Å². The predicted octanol–water partition coefficient (Wildman–Crippen LogP) is 1.62. The van der Waals surface area contributed by atoms with Gasteiger partial charge in [0.1, 0.15) is 5.54 Å². The van der Waals surface area contributed by atoms with E-state index in [1.165, 1.54) is 11.1 Å². The van der Waals surface area contributed by atoms with E-state index in [1.807, 2.05) is 37.3 Å². The number of benzene rings is 1. The number of aromatic nitrogens is 3. The highest BCUT2D eigenvalue weighted by Gasteiger charge is 2.71. The van der Waals surface area contributed by atoms with Gasteiger partial charge in [-0.25, -0.2) is 19.0 Å². The van der Waals surface area contributed by atoms with Gasteiger partial charge in [0.15, 0.2) is 0 Å². The first kappa shape index (κ1) is 12.4. The Morgan fingerprint density at radius 3 is 2.43 bits per heavy atom. The molecule has 21 heavy (non-hydrogen) atoms. The highest BCUT2D eigenvalue weighted by Crippen LogP contribution is 2.68. The monoisotopic (exact) mass is 283 g/mol. The molecule has 0 saturated heterocycles. The van der Waals surface area contributed by atoms with Crippen LogP contribution in [0.3, 0.4) is 0 Å². The highest BCUT2D eigenvalue weighted by atomic mass is 16.2. The zero-order valence-electron chi connectivity index (χ0n) is 12.3. The summed E-state index contributed by atoms with van der Waals surface area (Å²) in [5.41, 5.74) is 2.45. The lowest BCUT2D eigenvalue weighted by Gasteiger charge is -2.17. The lowest BCUT2D eigenvalue weighted by Crippen LogP contribution is -2.33. The van der Waals surface area contributed by atoms with Gasteiger partial charge in [-0.05, 0) is 31.9 Å². The van der Waals surface area contributed by atoms with Gasteiger partial charge >= 0.3 is 11.4 Å². The molecular formula is C16H17N3O2. The summed E-state index contributed by atoms with van der Waals surface area (Å²) < 4.78 is 3.20. The number of aromatic amines is 1. The van der Waals surface area contributed by atoms with E-state index in [-0.39, 0.29) is 23.3 Å². The largest absolute Gasteiger partial charge is 0.345 e. The van der Waals surface area contributed by atoms with E-state index in [2.05, 4.69) is 18.8 Å². The summed E-state index contributed by atoms with van der Waals surface area (Å²) in [5.74, 6) is 0.194. The second kappa shape index (κ2) is 3.67. The van der Waals surface area contributed by atoms with Crippen molar-refractivity contribution < 1.29 is 0 Å². The number of allylic oxidation sites excluding steroid dienone is 2. The maximum atomic E-state index is 12.3. The fraction of sp³-hybridized carbons (Fsp3) is 0.375. The molecule has 5 heteroatoms. The molecule has 0 amide bonds. The van der Waals surface area contributed by atoms with Gasteiger partial charge in [-0.1, -0.05) is 35.9 Å². The van der Waals surface area contributed by atoms with E-state index in [1.54, 1.807) is 9.36 Å². The van der Waals surface area contributed by atoms with E-state index in [4.69, 9.17) is 0 Å². The lowest BCUT2D eigenvalue weighted by molar-refractivity contribution is 0.443. The molecule has 1 aromatic carbocycles. The molecule has 2 aliphatic rings. The van der Waals surface area contributed by atoms with E-state index < -0.39 is 5.54 Å². The molecule has 108 valence electrons. The molecule has 1 saturated carbocycles. The average molecular weight is 283 g/mol. The summed E-state index contributed by atoms with van der Waals surface area (Å²) in [6, 6.07) is 9.98. The van der Waals surface area contributed by atoms with Crippen LogP contribution >= 0.6 is 0 Å². The standard InChI is InChI=1S/C16H17N3O2/c1-9(2)12-13-10(3)18-14(20)17-15(21)19(18)16(12,13)11-7-5-4-6-8-11/h4-8,10,13H,1-3H3,(H,17,20,21). The fourth-order valence-corrected chi connectivity index (χ4v) is 4.25. The minimum Gasteiger partial charge on any atom is -0.256 e. The van der Waals surface area contributed by atoms with Gasteiger partial charge in [0, 0.05) is 5.92 Å². The lowest BCUT2D eigenvalue weighted by atomic mass is 10.0. The van der Waals surface area contributed by atoms with Gasteiger partial charge in [-0.2, -0.15) is 0 Å². The number of nitrogens with zero attached hydrogens (tertiary/aromatic N) is 2. The van der Waals surface area contributed by atoms with E-state index in [0.29, 0.717) is 0 Å². The van der Waals surface area contributed by atoms with E-state index in [9.17, 15) is 9.59 Å². The smallest absolute Gasteiger partial charge is 0.256 e. The van der Waals surface area contributed by atoms with Gasteiger partial charge in [0.2, 0.25) is 0 Å². The predicted molar refractivity (Wildman–Crippen MR) is 79.4 cm³/mol. The SMILES string of the molecule is CC(C)=C1C2C(C)n3c(=O)[nH]c(=O)n3C12c1ccccc1. The third-order valence-electron chi connectivity index (χ3n) is 4.87. The third-order valence-corrected chi connectivity index (χ3v) is 4.87. The Balaban J connectivity index is 2.12. The first-order valence-electron chi connectivity index (χ1n) is 7.19. The minimum absolute atomic E-state index is 0.0124. The number of nitrogens with one attached hydrogen (secondary N) is 1. The van der Waals surface area contributed by atoms with Crippen LogP contribution in [0.25, 0.3) is 0 Å². The molecule has 0 radical (unpaired) electrons. The second-order valence-corrected chi connectivity index (χ2v) is 6.16. The summed E-state index contributed by atoms with van der Waals surface area (Å²) in [6.45, 7) is 6.16. The molecule has 1 aliphatic carbocycles. The van der Waals surface area contributed by atoms with Gasteiger partial charge in [0.25, 0.3) is 0 Å². The van der Waals surface area contributed by atoms with E-state index in [0.717, 1.165) is 5.56 Å². The molecule has 2 aromatic rings. The number of H-pyrrole nitrogens is 1. The Hall–Kier alpha value is -2.30. The number of hydrogen-bond acceptors (Lipinski definition) is 2. The molecule has 0 spiro atoms. The van der Waals surface area contributed by atoms with Crippen LogP contribution in [0.15, 0.2) is 51.1 Å². The molecule has 2 heterocycles. The maximum Gasteiger partial charge on any atom is 0.345 e. The molecule has 3 atom stereocenters. The Morgan fingerprint density at radius 1 is 1.14 bits per heavy atom. The molecule has 1 N–H and O–H groups in total. The van der Waals surface area contributed by atoms with Crippen molar-refractivity contribution in [3.8, 4) is 0 Å². The fourth-order valence-electron chi connectivity index (χ4n) is 4.25. The molecule has 3 unspecified atom stereocenters. The third kappa shape index (κ3) is 1.22. The van der Waals surface area contributed by atoms with E-state index >= 15 is 0 Å². The minimum atomic E-state index is -0.476. The molecule has 1 aromatic heterocycles. The molecule has 0 bridgehead atoms. The number of fused-ring (bicyclic) bond motifs is 3. The zero-order valence-corrected chi connectivity index (χ0v) is 12.3. The van der Waals surface area contributed by atoms with Crippen molar-refractivity contribution in [1.82, 2.24) is 14.3 Å². The van der Waals surface area contributed by atoms with Crippen molar-refractivity contribution in [3.05, 3.63) is 68.0 Å². The Labute approximate surface area is 121 Å². The quantitative estimate of drug-likeness (QED) is 0.809. The zero-order chi connectivity index (χ0) is 14.9. The Bertz CT molecular complexity index is 880. The molecular weight excluding hydrogens is 266 g/mol. The summed E-state index contributed by atoms with van der Waals surface area (Å²) in [7, 11) is 0. The average Bonchev–Trinajstić information content (AvgIpc) is 2.96. The number of hydrogen-bond donors (Lipinski definition) is 1. The van der Waals surface area contributed by atoms with Crippen LogP contribution in [-0.4, -0.2) is 14.3 Å². The Kier molecular flexibility index (Phi) is 2.17. The maximum absolute atomic E-state index is 12.3. The van der Waals surface area contributed by atoms with Crippen LogP contribution in [-0.2, 0) is 5.54 Å². The topological polar surface area (TPSA) is 59.8 Å². The van der Waals surface area contributed by atoms with Crippen molar-refractivity contribution in [2.45, 2.75) is 32.4 Å². The van der Waals surface area contributed by atoms with Crippen LogP contribution in [0, 0.1) is 5.92 Å². The van der Waals surface area contributed by atoms with Crippen LogP contribution < -0.4 is 11.4 Å².